The molecule has 0 saturated heterocycles. The summed E-state index contributed by atoms with van der Waals surface area (Å²) >= 11 is 7.86. The quantitative estimate of drug-likeness (QED) is 0.833. The van der Waals surface area contributed by atoms with Gasteiger partial charge in [0, 0.05) is 10.9 Å². The van der Waals surface area contributed by atoms with Gasteiger partial charge < -0.3 is 5.73 Å². The summed E-state index contributed by atoms with van der Waals surface area (Å²) in [4.78, 5) is 1.17. The molecule has 1 aliphatic carbocycles. The number of halogens is 1. The van der Waals surface area contributed by atoms with Gasteiger partial charge in [0.1, 0.15) is 0 Å². The predicted octanol–water partition coefficient (Wildman–Crippen LogP) is 3.90. The highest BCUT2D eigenvalue weighted by Crippen LogP contribution is 2.38. The van der Waals surface area contributed by atoms with Crippen molar-refractivity contribution in [2.45, 2.75) is 38.6 Å². The number of thiophene rings is 1. The Morgan fingerprint density at radius 1 is 1.64 bits per heavy atom. The van der Waals surface area contributed by atoms with Crippen molar-refractivity contribution in [2.75, 3.05) is 0 Å². The highest BCUT2D eigenvalue weighted by Gasteiger charge is 2.23. The van der Waals surface area contributed by atoms with E-state index in [1.807, 2.05) is 6.92 Å². The number of aryl methyl sites for hydroxylation is 1. The van der Waals surface area contributed by atoms with Gasteiger partial charge in [-0.05, 0) is 36.6 Å². The highest BCUT2D eigenvalue weighted by molar-refractivity contribution is 7.10. The van der Waals surface area contributed by atoms with E-state index in [1.165, 1.54) is 24.1 Å². The fourth-order valence-electron chi connectivity index (χ4n) is 1.65. The van der Waals surface area contributed by atoms with E-state index in [1.54, 1.807) is 11.3 Å². The zero-order valence-corrected chi connectivity index (χ0v) is 10.00. The fourth-order valence-corrected chi connectivity index (χ4v) is 3.02. The van der Waals surface area contributed by atoms with Crippen molar-refractivity contribution in [1.29, 1.82) is 0 Å². The minimum absolute atomic E-state index is 0.154. The third kappa shape index (κ3) is 2.30. The Bertz CT molecular complexity index is 317. The van der Waals surface area contributed by atoms with Gasteiger partial charge in [-0.1, -0.05) is 24.4 Å². The first kappa shape index (κ1) is 10.5. The second-order valence-corrected chi connectivity index (χ2v) is 5.51. The zero-order valence-electron chi connectivity index (χ0n) is 8.42. The van der Waals surface area contributed by atoms with E-state index in [0.717, 1.165) is 22.9 Å². The minimum Gasteiger partial charge on any atom is -0.323 e. The normalized spacial score (nSPS) is 18.5. The maximum Gasteiger partial charge on any atom is 0.0590 e. The van der Waals surface area contributed by atoms with Crippen molar-refractivity contribution in [1.82, 2.24) is 0 Å². The number of rotatable bonds is 4. The lowest BCUT2D eigenvalue weighted by molar-refractivity contribution is 0.581. The van der Waals surface area contributed by atoms with Crippen molar-refractivity contribution in [3.05, 3.63) is 20.8 Å². The van der Waals surface area contributed by atoms with E-state index in [4.69, 9.17) is 17.3 Å². The van der Waals surface area contributed by atoms with Gasteiger partial charge in [-0.15, -0.1) is 11.3 Å². The molecule has 0 amide bonds. The molecule has 1 fully saturated rings. The topological polar surface area (TPSA) is 26.0 Å². The molecule has 0 aromatic carbocycles. The van der Waals surface area contributed by atoms with Crippen LogP contribution < -0.4 is 5.73 Å². The van der Waals surface area contributed by atoms with Crippen molar-refractivity contribution >= 4 is 22.9 Å². The summed E-state index contributed by atoms with van der Waals surface area (Å²) in [6, 6.07) is 0.154. The molecule has 78 valence electrons. The van der Waals surface area contributed by atoms with Gasteiger partial charge in [-0.2, -0.15) is 0 Å². The summed E-state index contributed by atoms with van der Waals surface area (Å²) in [6.45, 7) is 2.04. The van der Waals surface area contributed by atoms with Gasteiger partial charge in [0.25, 0.3) is 0 Å². The molecule has 1 heterocycles. The first-order valence-corrected chi connectivity index (χ1v) is 6.43. The van der Waals surface area contributed by atoms with Crippen LogP contribution >= 0.6 is 22.9 Å². The molecule has 14 heavy (non-hydrogen) atoms. The third-order valence-electron chi connectivity index (χ3n) is 2.84. The largest absolute Gasteiger partial charge is 0.323 e. The fraction of sp³-hybridized carbons (Fsp3) is 0.636. The predicted molar refractivity (Wildman–Crippen MR) is 63.0 cm³/mol. The molecule has 1 atom stereocenters. The standard InChI is InChI=1S/C11H16ClNS/c1-7-6-14-11(10(7)12)9(13)5-4-8-2-3-8/h6,8-9H,2-5,13H2,1H3. The molecule has 0 aliphatic heterocycles. The molecule has 1 unspecified atom stereocenters. The van der Waals surface area contributed by atoms with E-state index in [0.29, 0.717) is 0 Å². The molecule has 0 radical (unpaired) electrons. The Morgan fingerprint density at radius 2 is 2.36 bits per heavy atom. The number of hydrogen-bond donors (Lipinski definition) is 1. The Kier molecular flexibility index (Phi) is 3.15. The van der Waals surface area contributed by atoms with Crippen LogP contribution in [0.5, 0.6) is 0 Å². The molecule has 1 aromatic rings. The van der Waals surface area contributed by atoms with Crippen molar-refractivity contribution in [3.8, 4) is 0 Å². The van der Waals surface area contributed by atoms with Crippen LogP contribution in [0.1, 0.15) is 42.2 Å². The second kappa shape index (κ2) is 4.21. The van der Waals surface area contributed by atoms with Crippen molar-refractivity contribution in [2.24, 2.45) is 11.7 Å². The molecule has 3 heteroatoms. The van der Waals surface area contributed by atoms with Crippen LogP contribution in [0.4, 0.5) is 0 Å². The minimum atomic E-state index is 0.154. The van der Waals surface area contributed by atoms with Crippen LogP contribution in [0.3, 0.4) is 0 Å². The summed E-state index contributed by atoms with van der Waals surface area (Å²) in [7, 11) is 0. The molecular formula is C11H16ClNS. The lowest BCUT2D eigenvalue weighted by Crippen LogP contribution is -2.09. The summed E-state index contributed by atoms with van der Waals surface area (Å²) in [5.74, 6) is 0.959. The third-order valence-corrected chi connectivity index (χ3v) is 4.69. The van der Waals surface area contributed by atoms with Gasteiger partial charge in [0.2, 0.25) is 0 Å². The first-order valence-electron chi connectivity index (χ1n) is 5.17. The Hall–Kier alpha value is -0.0500. The highest BCUT2D eigenvalue weighted by atomic mass is 35.5. The number of nitrogens with two attached hydrogens (primary N) is 1. The van der Waals surface area contributed by atoms with E-state index in [2.05, 4.69) is 5.38 Å². The lowest BCUT2D eigenvalue weighted by atomic mass is 10.1. The molecule has 1 saturated carbocycles. The van der Waals surface area contributed by atoms with Gasteiger partial charge in [0.05, 0.1) is 5.02 Å². The molecule has 1 aromatic heterocycles. The van der Waals surface area contributed by atoms with Crippen LogP contribution in [0.2, 0.25) is 5.02 Å². The van der Waals surface area contributed by atoms with Gasteiger partial charge in [-0.25, -0.2) is 0 Å². The smallest absolute Gasteiger partial charge is 0.0590 e. The van der Waals surface area contributed by atoms with Crippen molar-refractivity contribution in [3.63, 3.8) is 0 Å². The molecule has 1 aliphatic rings. The molecule has 0 spiro atoms. The van der Waals surface area contributed by atoms with E-state index in [-0.39, 0.29) is 6.04 Å². The Labute approximate surface area is 94.3 Å². The lowest BCUT2D eigenvalue weighted by Gasteiger charge is -2.09. The summed E-state index contributed by atoms with van der Waals surface area (Å²) in [6.07, 6.45) is 5.17. The molecule has 0 bridgehead atoms. The van der Waals surface area contributed by atoms with Gasteiger partial charge in [0.15, 0.2) is 0 Å². The Balaban J connectivity index is 1.95. The average Bonchev–Trinajstić information content (AvgIpc) is 2.92. The van der Waals surface area contributed by atoms with Crippen LogP contribution in [0.15, 0.2) is 5.38 Å². The maximum absolute atomic E-state index is 6.16. The first-order chi connectivity index (χ1) is 6.68. The van der Waals surface area contributed by atoms with E-state index in [9.17, 15) is 0 Å². The summed E-state index contributed by atoms with van der Waals surface area (Å²) < 4.78 is 0. The van der Waals surface area contributed by atoms with Crippen molar-refractivity contribution < 1.29 is 0 Å². The van der Waals surface area contributed by atoms with Crippen LogP contribution in [0.25, 0.3) is 0 Å². The molecule has 2 N–H and O–H groups in total. The second-order valence-electron chi connectivity index (χ2n) is 4.22. The van der Waals surface area contributed by atoms with Gasteiger partial charge in [-0.3, -0.25) is 0 Å². The molecular weight excluding hydrogens is 214 g/mol. The number of hydrogen-bond acceptors (Lipinski definition) is 2. The van der Waals surface area contributed by atoms with Gasteiger partial charge >= 0.3 is 0 Å². The summed E-state index contributed by atoms with van der Waals surface area (Å²) in [5.41, 5.74) is 7.27. The molecule has 2 rings (SSSR count). The van der Waals surface area contributed by atoms with Crippen LogP contribution in [0, 0.1) is 12.8 Å². The zero-order chi connectivity index (χ0) is 10.1. The molecule has 1 nitrogen and oxygen atoms in total. The van der Waals surface area contributed by atoms with Crippen LogP contribution in [-0.4, -0.2) is 0 Å². The monoisotopic (exact) mass is 229 g/mol. The summed E-state index contributed by atoms with van der Waals surface area (Å²) in [5, 5.41) is 2.98. The maximum atomic E-state index is 6.16. The SMILES string of the molecule is Cc1csc(C(N)CCC2CC2)c1Cl. The van der Waals surface area contributed by atoms with Crippen LogP contribution in [-0.2, 0) is 0 Å². The Morgan fingerprint density at radius 3 is 2.86 bits per heavy atom. The average molecular weight is 230 g/mol. The van der Waals surface area contributed by atoms with E-state index < -0.39 is 0 Å². The van der Waals surface area contributed by atoms with E-state index >= 15 is 0 Å².